The molecular weight excluding hydrogens is 228 g/mol. The summed E-state index contributed by atoms with van der Waals surface area (Å²) in [7, 11) is 0. The van der Waals surface area contributed by atoms with Crippen LogP contribution in [0.4, 0.5) is 5.69 Å². The van der Waals surface area contributed by atoms with Gasteiger partial charge in [0, 0.05) is 12.6 Å². The molecule has 0 bridgehead atoms. The van der Waals surface area contributed by atoms with E-state index in [1.807, 2.05) is 24.4 Å². The van der Waals surface area contributed by atoms with Gasteiger partial charge in [-0.05, 0) is 25.0 Å². The van der Waals surface area contributed by atoms with Gasteiger partial charge in [-0.1, -0.05) is 17.3 Å². The van der Waals surface area contributed by atoms with Crippen LogP contribution < -0.4 is 5.32 Å². The van der Waals surface area contributed by atoms with Crippen molar-refractivity contribution in [1.29, 1.82) is 0 Å². The van der Waals surface area contributed by atoms with Crippen molar-refractivity contribution in [1.82, 2.24) is 15.0 Å². The van der Waals surface area contributed by atoms with E-state index in [2.05, 4.69) is 21.7 Å². The molecule has 1 aliphatic heterocycles. The average molecular weight is 244 g/mol. The summed E-state index contributed by atoms with van der Waals surface area (Å²) in [5, 5.41) is 11.4. The molecule has 5 nitrogen and oxygen atoms in total. The van der Waals surface area contributed by atoms with Crippen LogP contribution in [0, 0.1) is 0 Å². The second-order valence-electron chi connectivity index (χ2n) is 4.42. The number of anilines is 1. The highest BCUT2D eigenvalue weighted by molar-refractivity contribution is 5.60. The molecule has 3 rings (SSSR count). The molecule has 5 heteroatoms. The SMILES string of the molecule is c1ccc(-n2ccnn2)c(NC2CCCOC2)c1. The zero-order chi connectivity index (χ0) is 12.2. The van der Waals surface area contributed by atoms with Crippen LogP contribution in [0.1, 0.15) is 12.8 Å². The van der Waals surface area contributed by atoms with E-state index in [0.29, 0.717) is 6.04 Å². The number of hydrogen-bond acceptors (Lipinski definition) is 4. The summed E-state index contributed by atoms with van der Waals surface area (Å²) in [5.74, 6) is 0. The van der Waals surface area contributed by atoms with Crippen LogP contribution in [-0.4, -0.2) is 34.2 Å². The number of benzene rings is 1. The van der Waals surface area contributed by atoms with Crippen LogP contribution in [0.3, 0.4) is 0 Å². The number of hydrogen-bond donors (Lipinski definition) is 1. The maximum absolute atomic E-state index is 5.49. The summed E-state index contributed by atoms with van der Waals surface area (Å²) in [4.78, 5) is 0. The third kappa shape index (κ3) is 2.36. The van der Waals surface area contributed by atoms with Gasteiger partial charge >= 0.3 is 0 Å². The van der Waals surface area contributed by atoms with Gasteiger partial charge in [-0.2, -0.15) is 0 Å². The Kier molecular flexibility index (Phi) is 3.23. The molecule has 0 saturated carbocycles. The molecule has 0 spiro atoms. The molecule has 0 radical (unpaired) electrons. The molecule has 1 unspecified atom stereocenters. The summed E-state index contributed by atoms with van der Waals surface area (Å²) >= 11 is 0. The van der Waals surface area contributed by atoms with Crippen molar-refractivity contribution in [3.8, 4) is 5.69 Å². The van der Waals surface area contributed by atoms with Crippen LogP contribution >= 0.6 is 0 Å². The molecule has 1 aromatic carbocycles. The van der Waals surface area contributed by atoms with Gasteiger partial charge < -0.3 is 10.1 Å². The third-order valence-electron chi connectivity index (χ3n) is 3.09. The van der Waals surface area contributed by atoms with E-state index in [1.165, 1.54) is 0 Å². The molecule has 0 aliphatic carbocycles. The summed E-state index contributed by atoms with van der Waals surface area (Å²) in [6.07, 6.45) is 5.78. The summed E-state index contributed by atoms with van der Waals surface area (Å²) in [6.45, 7) is 1.65. The summed E-state index contributed by atoms with van der Waals surface area (Å²) in [6, 6.07) is 8.49. The molecule has 2 aromatic rings. The van der Waals surface area contributed by atoms with Crippen LogP contribution in [-0.2, 0) is 4.74 Å². The number of ether oxygens (including phenoxy) is 1. The Morgan fingerprint density at radius 1 is 1.33 bits per heavy atom. The normalized spacial score (nSPS) is 19.7. The van der Waals surface area contributed by atoms with Crippen molar-refractivity contribution in [2.45, 2.75) is 18.9 Å². The van der Waals surface area contributed by atoms with Crippen LogP contribution in [0.25, 0.3) is 5.69 Å². The Morgan fingerprint density at radius 2 is 2.28 bits per heavy atom. The highest BCUT2D eigenvalue weighted by atomic mass is 16.5. The Balaban J connectivity index is 1.83. The minimum Gasteiger partial charge on any atom is -0.379 e. The predicted molar refractivity (Wildman–Crippen MR) is 68.8 cm³/mol. The van der Waals surface area contributed by atoms with Crippen molar-refractivity contribution in [3.05, 3.63) is 36.7 Å². The maximum atomic E-state index is 5.49. The van der Waals surface area contributed by atoms with Crippen LogP contribution in [0.5, 0.6) is 0 Å². The maximum Gasteiger partial charge on any atom is 0.0894 e. The third-order valence-corrected chi connectivity index (χ3v) is 3.09. The van der Waals surface area contributed by atoms with Gasteiger partial charge in [0.2, 0.25) is 0 Å². The van der Waals surface area contributed by atoms with Gasteiger partial charge in [-0.15, -0.1) is 5.10 Å². The Labute approximate surface area is 106 Å². The first-order chi connectivity index (χ1) is 8.93. The quantitative estimate of drug-likeness (QED) is 0.895. The smallest absolute Gasteiger partial charge is 0.0894 e. The molecule has 1 saturated heterocycles. The molecule has 2 heterocycles. The first-order valence-electron chi connectivity index (χ1n) is 6.23. The summed E-state index contributed by atoms with van der Waals surface area (Å²) in [5.41, 5.74) is 2.08. The summed E-state index contributed by atoms with van der Waals surface area (Å²) < 4.78 is 7.26. The number of nitrogens with one attached hydrogen (secondary N) is 1. The highest BCUT2D eigenvalue weighted by Crippen LogP contribution is 2.21. The Bertz CT molecular complexity index is 491. The van der Waals surface area contributed by atoms with Gasteiger partial charge in [0.05, 0.1) is 30.4 Å². The zero-order valence-electron chi connectivity index (χ0n) is 10.1. The molecule has 0 amide bonds. The van der Waals surface area contributed by atoms with Crippen molar-refractivity contribution in [2.75, 3.05) is 18.5 Å². The van der Waals surface area contributed by atoms with Gasteiger partial charge in [0.1, 0.15) is 0 Å². The average Bonchev–Trinajstić information content (AvgIpc) is 2.94. The minimum absolute atomic E-state index is 0.378. The fourth-order valence-electron chi connectivity index (χ4n) is 2.21. The topological polar surface area (TPSA) is 52.0 Å². The first kappa shape index (κ1) is 11.2. The lowest BCUT2D eigenvalue weighted by Gasteiger charge is -2.25. The van der Waals surface area contributed by atoms with E-state index < -0.39 is 0 Å². The Hall–Kier alpha value is -1.88. The van der Waals surface area contributed by atoms with Gasteiger partial charge in [-0.3, -0.25) is 0 Å². The number of nitrogens with zero attached hydrogens (tertiary/aromatic N) is 3. The van der Waals surface area contributed by atoms with Crippen molar-refractivity contribution in [3.63, 3.8) is 0 Å². The molecule has 1 fully saturated rings. The van der Waals surface area contributed by atoms with E-state index in [-0.39, 0.29) is 0 Å². The van der Waals surface area contributed by atoms with Gasteiger partial charge in [0.25, 0.3) is 0 Å². The fraction of sp³-hybridized carbons (Fsp3) is 0.385. The van der Waals surface area contributed by atoms with Gasteiger partial charge in [0.15, 0.2) is 0 Å². The molecule has 1 aliphatic rings. The van der Waals surface area contributed by atoms with Crippen LogP contribution in [0.15, 0.2) is 36.7 Å². The van der Waals surface area contributed by atoms with Crippen molar-refractivity contribution in [2.24, 2.45) is 0 Å². The Morgan fingerprint density at radius 3 is 3.06 bits per heavy atom. The van der Waals surface area contributed by atoms with E-state index in [4.69, 9.17) is 4.74 Å². The molecule has 1 N–H and O–H groups in total. The van der Waals surface area contributed by atoms with E-state index >= 15 is 0 Å². The first-order valence-corrected chi connectivity index (χ1v) is 6.23. The highest BCUT2D eigenvalue weighted by Gasteiger charge is 2.15. The van der Waals surface area contributed by atoms with E-state index in [1.54, 1.807) is 10.9 Å². The zero-order valence-corrected chi connectivity index (χ0v) is 10.1. The fourth-order valence-corrected chi connectivity index (χ4v) is 2.21. The van der Waals surface area contributed by atoms with Crippen molar-refractivity contribution >= 4 is 5.69 Å². The largest absolute Gasteiger partial charge is 0.379 e. The molecule has 1 atom stereocenters. The number of aromatic nitrogens is 3. The monoisotopic (exact) mass is 244 g/mol. The molecule has 94 valence electrons. The molecule has 1 aromatic heterocycles. The number of rotatable bonds is 3. The minimum atomic E-state index is 0.378. The van der Waals surface area contributed by atoms with Crippen LogP contribution in [0.2, 0.25) is 0 Å². The second-order valence-corrected chi connectivity index (χ2v) is 4.42. The number of para-hydroxylation sites is 2. The predicted octanol–water partition coefficient (Wildman–Crippen LogP) is 1.86. The molecular formula is C13H16N4O. The van der Waals surface area contributed by atoms with E-state index in [0.717, 1.165) is 37.4 Å². The lowest BCUT2D eigenvalue weighted by molar-refractivity contribution is 0.0876. The standard InChI is InChI=1S/C13H16N4O/c1-2-6-13(17-8-7-14-16-17)12(5-1)15-11-4-3-9-18-10-11/h1-2,5-8,11,15H,3-4,9-10H2. The van der Waals surface area contributed by atoms with Crippen molar-refractivity contribution < 1.29 is 4.74 Å². The lowest BCUT2D eigenvalue weighted by atomic mass is 10.1. The molecule has 18 heavy (non-hydrogen) atoms. The lowest BCUT2D eigenvalue weighted by Crippen LogP contribution is -2.30. The van der Waals surface area contributed by atoms with E-state index in [9.17, 15) is 0 Å². The van der Waals surface area contributed by atoms with Gasteiger partial charge in [-0.25, -0.2) is 4.68 Å². The second kappa shape index (κ2) is 5.18.